The number of likely N-dealkylation sites (N-methyl/N-ethyl adjacent to an activating group) is 1. The number of fused-ring (bicyclic) bond motifs is 3. The molecule has 0 aromatic heterocycles. The number of rotatable bonds is 1. The van der Waals surface area contributed by atoms with Crippen molar-refractivity contribution in [3.05, 3.63) is 73.2 Å². The molecule has 4 rings (SSSR count). The molecule has 4 unspecified atom stereocenters. The molecule has 0 radical (unpaired) electrons. The average Bonchev–Trinajstić information content (AvgIpc) is 3.03. The standard InChI is InChI=1S/C19H21N.CH3.3ClH.Ti/c1-13-12-16-15-10-6-7-11-17(15)20(2)19(16)18(13)14-8-4-3-5-9-14;;;;;/h3-11,13,16,18-19H,12H2,1-2H3;1H3;3*1H;/q;-1;;;;+4/p-3. The van der Waals surface area contributed by atoms with Crippen LogP contribution in [-0.2, 0) is 14.7 Å². The Morgan fingerprint density at radius 1 is 0.960 bits per heavy atom. The summed E-state index contributed by atoms with van der Waals surface area (Å²) in [4.78, 5) is 2.53. The zero-order valence-corrected chi connectivity index (χ0v) is 18.6. The Hall–Kier alpha value is -0.176. The number of nitrogens with zero attached hydrogens (tertiary/aromatic N) is 1. The van der Waals surface area contributed by atoms with Crippen molar-refractivity contribution < 1.29 is 14.7 Å². The van der Waals surface area contributed by atoms with Crippen LogP contribution in [0, 0.1) is 13.3 Å². The Kier molecular flexibility index (Phi) is 7.74. The fourth-order valence-electron chi connectivity index (χ4n) is 4.58. The topological polar surface area (TPSA) is 3.24 Å². The van der Waals surface area contributed by atoms with Crippen molar-refractivity contribution in [1.29, 1.82) is 0 Å². The third kappa shape index (κ3) is 4.39. The van der Waals surface area contributed by atoms with E-state index in [-0.39, 0.29) is 7.43 Å². The second-order valence-corrected chi connectivity index (χ2v) is 14.4. The monoisotopic (exact) mass is 431 g/mol. The second-order valence-electron chi connectivity index (χ2n) is 6.63. The summed E-state index contributed by atoms with van der Waals surface area (Å²) in [6.07, 6.45) is 1.31. The Labute approximate surface area is 169 Å². The summed E-state index contributed by atoms with van der Waals surface area (Å²) >= 11 is -1.92. The van der Waals surface area contributed by atoms with Crippen molar-refractivity contribution in [1.82, 2.24) is 0 Å². The van der Waals surface area contributed by atoms with Crippen molar-refractivity contribution in [3.63, 3.8) is 0 Å². The number of hydrogen-bond donors (Lipinski definition) is 0. The van der Waals surface area contributed by atoms with E-state index in [1.807, 2.05) is 0 Å². The van der Waals surface area contributed by atoms with Crippen LogP contribution in [0.2, 0.25) is 0 Å². The van der Waals surface area contributed by atoms with Gasteiger partial charge in [0.2, 0.25) is 0 Å². The molecule has 1 heterocycles. The van der Waals surface area contributed by atoms with Crippen LogP contribution in [-0.4, -0.2) is 13.1 Å². The van der Waals surface area contributed by atoms with E-state index in [0.717, 1.165) is 5.92 Å². The molecule has 0 N–H and O–H groups in total. The van der Waals surface area contributed by atoms with Gasteiger partial charge in [-0.15, -0.1) is 0 Å². The van der Waals surface area contributed by atoms with E-state index >= 15 is 0 Å². The molecule has 0 amide bonds. The van der Waals surface area contributed by atoms with Crippen LogP contribution in [0.3, 0.4) is 0 Å². The Balaban J connectivity index is 0.000000411. The Morgan fingerprint density at radius 2 is 1.52 bits per heavy atom. The summed E-state index contributed by atoms with van der Waals surface area (Å²) in [5, 5.41) is 0. The van der Waals surface area contributed by atoms with Gasteiger partial charge in [0, 0.05) is 30.6 Å². The number of para-hydroxylation sites is 1. The molecular weight excluding hydrogens is 408 g/mol. The molecule has 2 aromatic rings. The van der Waals surface area contributed by atoms with Gasteiger partial charge < -0.3 is 12.3 Å². The van der Waals surface area contributed by atoms with Gasteiger partial charge in [0.15, 0.2) is 0 Å². The van der Waals surface area contributed by atoms with Crippen molar-refractivity contribution in [2.45, 2.75) is 31.2 Å². The number of halogens is 3. The molecule has 0 saturated heterocycles. The molecule has 1 nitrogen and oxygen atoms in total. The quantitative estimate of drug-likeness (QED) is 0.349. The molecule has 134 valence electrons. The van der Waals surface area contributed by atoms with Crippen LogP contribution in [0.1, 0.15) is 36.3 Å². The van der Waals surface area contributed by atoms with Gasteiger partial charge in [0.1, 0.15) is 0 Å². The summed E-state index contributed by atoms with van der Waals surface area (Å²) in [7, 11) is 17.2. The minimum absolute atomic E-state index is 0. The van der Waals surface area contributed by atoms with E-state index in [2.05, 4.69) is 73.5 Å². The summed E-state index contributed by atoms with van der Waals surface area (Å²) in [5.74, 6) is 2.11. The van der Waals surface area contributed by atoms with E-state index in [9.17, 15) is 0 Å². The SMILES string of the molecule is CC1CC2c3ccccc3N(C)C2C1c1ccccc1.[CH3-].[Cl][Ti+]([Cl])[Cl]. The number of benzene rings is 2. The van der Waals surface area contributed by atoms with E-state index in [1.165, 1.54) is 17.7 Å². The van der Waals surface area contributed by atoms with Gasteiger partial charge in [-0.2, -0.15) is 0 Å². The summed E-state index contributed by atoms with van der Waals surface area (Å²) < 4.78 is 0. The molecule has 2 aliphatic rings. The molecule has 1 fully saturated rings. The van der Waals surface area contributed by atoms with Gasteiger partial charge in [0.25, 0.3) is 0 Å². The summed E-state index contributed by atoms with van der Waals surface area (Å²) in [5.41, 5.74) is 4.51. The fraction of sp³-hybridized carbons (Fsp3) is 0.350. The van der Waals surface area contributed by atoms with Crippen LogP contribution < -0.4 is 4.90 Å². The first-order valence-corrected chi connectivity index (χ1v) is 14.7. The third-order valence-electron chi connectivity index (χ3n) is 5.37. The predicted octanol–water partition coefficient (Wildman–Crippen LogP) is 6.93. The Morgan fingerprint density at radius 3 is 2.16 bits per heavy atom. The average molecular weight is 433 g/mol. The van der Waals surface area contributed by atoms with Crippen LogP contribution >= 0.6 is 27.9 Å². The van der Waals surface area contributed by atoms with Gasteiger partial charge in [-0.05, 0) is 29.5 Å². The fourth-order valence-corrected chi connectivity index (χ4v) is 4.58. The molecule has 2 aromatic carbocycles. The van der Waals surface area contributed by atoms with Gasteiger partial charge >= 0.3 is 42.6 Å². The minimum atomic E-state index is -1.92. The first kappa shape index (κ1) is 21.1. The van der Waals surface area contributed by atoms with Gasteiger partial charge in [-0.25, -0.2) is 0 Å². The van der Waals surface area contributed by atoms with Crippen molar-refractivity contribution in [2.24, 2.45) is 5.92 Å². The molecular formula is C20H24Cl3NTi. The van der Waals surface area contributed by atoms with Crippen LogP contribution in [0.4, 0.5) is 5.69 Å². The van der Waals surface area contributed by atoms with Crippen LogP contribution in [0.25, 0.3) is 0 Å². The summed E-state index contributed by atoms with van der Waals surface area (Å²) in [6, 6.07) is 20.7. The molecule has 0 spiro atoms. The third-order valence-corrected chi connectivity index (χ3v) is 5.37. The van der Waals surface area contributed by atoms with E-state index < -0.39 is 14.7 Å². The normalized spacial score (nSPS) is 26.0. The maximum atomic E-state index is 4.97. The van der Waals surface area contributed by atoms with Crippen molar-refractivity contribution in [3.8, 4) is 0 Å². The second kappa shape index (κ2) is 9.15. The molecule has 0 bridgehead atoms. The van der Waals surface area contributed by atoms with E-state index in [1.54, 1.807) is 5.56 Å². The first-order valence-electron chi connectivity index (χ1n) is 8.21. The van der Waals surface area contributed by atoms with Crippen LogP contribution in [0.15, 0.2) is 54.6 Å². The predicted molar refractivity (Wildman–Crippen MR) is 108 cm³/mol. The van der Waals surface area contributed by atoms with E-state index in [4.69, 9.17) is 27.9 Å². The Bertz CT molecular complexity index is 677. The number of hydrogen-bond acceptors (Lipinski definition) is 1. The summed E-state index contributed by atoms with van der Waals surface area (Å²) in [6.45, 7) is 2.42. The van der Waals surface area contributed by atoms with Crippen molar-refractivity contribution in [2.75, 3.05) is 11.9 Å². The van der Waals surface area contributed by atoms with Crippen molar-refractivity contribution >= 4 is 33.6 Å². The number of anilines is 1. The zero-order valence-electron chi connectivity index (χ0n) is 14.8. The zero-order chi connectivity index (χ0) is 17.3. The van der Waals surface area contributed by atoms with Crippen LogP contribution in [0.5, 0.6) is 0 Å². The van der Waals surface area contributed by atoms with E-state index in [0.29, 0.717) is 17.9 Å². The molecule has 25 heavy (non-hydrogen) atoms. The van der Waals surface area contributed by atoms with Gasteiger partial charge in [-0.1, -0.05) is 55.5 Å². The molecule has 1 aliphatic heterocycles. The molecule has 1 aliphatic carbocycles. The molecule has 5 heteroatoms. The van der Waals surface area contributed by atoms with Gasteiger partial charge in [0.05, 0.1) is 0 Å². The first-order chi connectivity index (χ1) is 11.5. The molecule has 1 saturated carbocycles. The maximum absolute atomic E-state index is 4.97. The van der Waals surface area contributed by atoms with Gasteiger partial charge in [-0.3, -0.25) is 0 Å². The molecule has 4 atom stereocenters.